The molecule has 27 heavy (non-hydrogen) atoms. The van der Waals surface area contributed by atoms with E-state index in [-0.39, 0.29) is 37.4 Å². The van der Waals surface area contributed by atoms with Crippen LogP contribution in [0, 0.1) is 12.3 Å². The first-order chi connectivity index (χ1) is 12.6. The van der Waals surface area contributed by atoms with E-state index in [1.165, 1.54) is 18.5 Å². The average molecular weight is 379 g/mol. The molecular weight excluding hydrogens is 354 g/mol. The van der Waals surface area contributed by atoms with Crippen LogP contribution in [0.15, 0.2) is 18.5 Å². The summed E-state index contributed by atoms with van der Waals surface area (Å²) in [5.41, 5.74) is -1.66. The van der Waals surface area contributed by atoms with Crippen molar-refractivity contribution in [3.8, 4) is 0 Å². The highest BCUT2D eigenvalue weighted by Crippen LogP contribution is 2.32. The van der Waals surface area contributed by atoms with Crippen LogP contribution in [0.5, 0.6) is 0 Å². The number of carbonyl (C=O) groups is 4. The van der Waals surface area contributed by atoms with Gasteiger partial charge in [-0.25, -0.2) is 0 Å². The van der Waals surface area contributed by atoms with Crippen molar-refractivity contribution in [2.45, 2.75) is 52.6 Å². The maximum Gasteiger partial charge on any atom is 0.325 e. The molecule has 0 radical (unpaired) electrons. The molecule has 0 aliphatic carbocycles. The highest BCUT2D eigenvalue weighted by molar-refractivity contribution is 6.27. The molecule has 1 aromatic rings. The summed E-state index contributed by atoms with van der Waals surface area (Å²) < 4.78 is 5.24. The van der Waals surface area contributed by atoms with Crippen LogP contribution in [-0.2, 0) is 19.1 Å². The Morgan fingerprint density at radius 3 is 2.33 bits per heavy atom. The number of Topliss-reactive ketones (excluding diaryl/α,β-unsaturated/α-hetero) is 2. The minimum absolute atomic E-state index is 0.0218. The van der Waals surface area contributed by atoms with Gasteiger partial charge in [0.05, 0.1) is 6.10 Å². The maximum absolute atomic E-state index is 13.1. The minimum Gasteiger partial charge on any atom is -0.481 e. The highest BCUT2D eigenvalue weighted by Gasteiger charge is 2.52. The van der Waals surface area contributed by atoms with Gasteiger partial charge in [-0.3, -0.25) is 24.2 Å². The van der Waals surface area contributed by atoms with Gasteiger partial charge >= 0.3 is 11.9 Å². The molecule has 0 bridgehead atoms. The lowest BCUT2D eigenvalue weighted by Gasteiger charge is -2.27. The Labute approximate surface area is 157 Å². The fourth-order valence-corrected chi connectivity index (χ4v) is 2.66. The number of nitrogens with zero attached hydrogens (tertiary/aromatic N) is 1. The van der Waals surface area contributed by atoms with Gasteiger partial charge < -0.3 is 14.9 Å². The first-order valence-electron chi connectivity index (χ1n) is 8.67. The smallest absolute Gasteiger partial charge is 0.325 e. The molecule has 8 heteroatoms. The Morgan fingerprint density at radius 1 is 1.15 bits per heavy atom. The Balaban J connectivity index is 3.24. The lowest BCUT2D eigenvalue weighted by atomic mass is 9.73. The Kier molecular flexibility index (Phi) is 8.24. The quantitative estimate of drug-likeness (QED) is 0.321. The van der Waals surface area contributed by atoms with E-state index in [4.69, 9.17) is 9.84 Å². The first kappa shape index (κ1) is 22.4. The number of carboxylic acids is 2. The molecule has 1 aromatic heterocycles. The molecule has 0 saturated heterocycles. The van der Waals surface area contributed by atoms with E-state index < -0.39 is 35.5 Å². The third kappa shape index (κ3) is 5.96. The van der Waals surface area contributed by atoms with Crippen LogP contribution in [0.2, 0.25) is 0 Å². The molecule has 0 spiro atoms. The minimum atomic E-state index is -2.33. The van der Waals surface area contributed by atoms with E-state index in [1.54, 1.807) is 20.8 Å². The van der Waals surface area contributed by atoms with Gasteiger partial charge in [0, 0.05) is 24.4 Å². The van der Waals surface area contributed by atoms with Crippen LogP contribution in [0.1, 0.15) is 55.5 Å². The SMILES string of the molecule is Cc1cncc(C(=O)C(CCCCC(=O)O)(C(=O)O)C(=O)COC(C)C)c1. The van der Waals surface area contributed by atoms with E-state index in [1.807, 2.05) is 0 Å². The molecule has 1 heterocycles. The molecule has 0 aliphatic heterocycles. The number of unbranched alkanes of at least 4 members (excludes halogenated alkanes) is 1. The zero-order valence-electron chi connectivity index (χ0n) is 15.7. The van der Waals surface area contributed by atoms with Crippen molar-refractivity contribution in [3.05, 3.63) is 29.6 Å². The second-order valence-corrected chi connectivity index (χ2v) is 6.67. The molecule has 0 saturated carbocycles. The molecular formula is C19H25NO7. The molecule has 0 aliphatic rings. The van der Waals surface area contributed by atoms with Crippen molar-refractivity contribution in [2.24, 2.45) is 5.41 Å². The van der Waals surface area contributed by atoms with E-state index in [2.05, 4.69) is 4.98 Å². The van der Waals surface area contributed by atoms with Crippen molar-refractivity contribution >= 4 is 23.5 Å². The van der Waals surface area contributed by atoms with E-state index in [9.17, 15) is 24.3 Å². The number of pyridine rings is 1. The zero-order valence-corrected chi connectivity index (χ0v) is 15.7. The van der Waals surface area contributed by atoms with Crippen LogP contribution in [0.3, 0.4) is 0 Å². The number of carboxylic acid groups (broad SMARTS) is 2. The molecule has 148 valence electrons. The lowest BCUT2D eigenvalue weighted by Crippen LogP contribution is -2.48. The zero-order chi connectivity index (χ0) is 20.6. The Bertz CT molecular complexity index is 714. The largest absolute Gasteiger partial charge is 0.481 e. The number of aryl methyl sites for hydroxylation is 1. The van der Waals surface area contributed by atoms with Gasteiger partial charge in [-0.2, -0.15) is 0 Å². The second-order valence-electron chi connectivity index (χ2n) is 6.67. The van der Waals surface area contributed by atoms with E-state index >= 15 is 0 Å². The molecule has 2 N–H and O–H groups in total. The monoisotopic (exact) mass is 379 g/mol. The van der Waals surface area contributed by atoms with Gasteiger partial charge in [0.1, 0.15) is 6.61 Å². The predicted molar refractivity (Wildman–Crippen MR) is 95.6 cm³/mol. The fourth-order valence-electron chi connectivity index (χ4n) is 2.66. The van der Waals surface area contributed by atoms with E-state index in [0.29, 0.717) is 5.56 Å². The first-order valence-corrected chi connectivity index (χ1v) is 8.67. The van der Waals surface area contributed by atoms with Gasteiger partial charge in [0.15, 0.2) is 17.0 Å². The number of ether oxygens (including phenoxy) is 1. The van der Waals surface area contributed by atoms with Crippen molar-refractivity contribution in [2.75, 3.05) is 6.61 Å². The third-order valence-electron chi connectivity index (χ3n) is 4.11. The summed E-state index contributed by atoms with van der Waals surface area (Å²) in [5.74, 6) is -4.31. The summed E-state index contributed by atoms with van der Waals surface area (Å²) in [6.07, 6.45) is 2.19. The van der Waals surface area contributed by atoms with Crippen molar-refractivity contribution < 1.29 is 34.1 Å². The van der Waals surface area contributed by atoms with Crippen LogP contribution in [0.4, 0.5) is 0 Å². The Hall–Kier alpha value is -2.61. The number of aromatic nitrogens is 1. The number of ketones is 2. The normalized spacial score (nSPS) is 13.2. The molecule has 8 nitrogen and oxygen atoms in total. The fraction of sp³-hybridized carbons (Fsp3) is 0.526. The second kappa shape index (κ2) is 9.91. The summed E-state index contributed by atoms with van der Waals surface area (Å²) in [6.45, 7) is 4.56. The highest BCUT2D eigenvalue weighted by atomic mass is 16.5. The van der Waals surface area contributed by atoms with Crippen molar-refractivity contribution in [1.82, 2.24) is 4.98 Å². The van der Waals surface area contributed by atoms with Gasteiger partial charge in [-0.05, 0) is 45.2 Å². The van der Waals surface area contributed by atoms with E-state index in [0.717, 1.165) is 0 Å². The van der Waals surface area contributed by atoms with Crippen molar-refractivity contribution in [3.63, 3.8) is 0 Å². The number of rotatable bonds is 12. The van der Waals surface area contributed by atoms with Crippen LogP contribution in [-0.4, -0.2) is 51.4 Å². The van der Waals surface area contributed by atoms with Crippen molar-refractivity contribution in [1.29, 1.82) is 0 Å². The van der Waals surface area contributed by atoms with Gasteiger partial charge in [-0.15, -0.1) is 0 Å². The number of carbonyl (C=O) groups excluding carboxylic acids is 2. The third-order valence-corrected chi connectivity index (χ3v) is 4.11. The summed E-state index contributed by atoms with van der Waals surface area (Å²) in [7, 11) is 0. The lowest BCUT2D eigenvalue weighted by molar-refractivity contribution is -0.154. The van der Waals surface area contributed by atoms with Crippen LogP contribution < -0.4 is 0 Å². The van der Waals surface area contributed by atoms with Gasteiger partial charge in [0.25, 0.3) is 0 Å². The summed E-state index contributed by atoms with van der Waals surface area (Å²) >= 11 is 0. The Morgan fingerprint density at radius 2 is 1.81 bits per heavy atom. The average Bonchev–Trinajstić information content (AvgIpc) is 2.58. The maximum atomic E-state index is 13.1. The number of hydrogen-bond acceptors (Lipinski definition) is 6. The van der Waals surface area contributed by atoms with Crippen LogP contribution >= 0.6 is 0 Å². The molecule has 0 fully saturated rings. The summed E-state index contributed by atoms with van der Waals surface area (Å²) in [4.78, 5) is 52.5. The molecule has 0 amide bonds. The molecule has 1 unspecified atom stereocenters. The summed E-state index contributed by atoms with van der Waals surface area (Å²) in [5, 5.41) is 18.6. The topological polar surface area (TPSA) is 131 Å². The molecule has 1 rings (SSSR count). The number of aliphatic carboxylic acids is 2. The standard InChI is InChI=1S/C19H25NO7/c1-12(2)27-11-15(21)19(18(25)26,7-5-4-6-16(22)23)17(24)14-8-13(3)9-20-10-14/h8-10,12H,4-7,11H2,1-3H3,(H,22,23)(H,25,26). The summed E-state index contributed by atoms with van der Waals surface area (Å²) in [6, 6.07) is 1.47. The van der Waals surface area contributed by atoms with Gasteiger partial charge in [-0.1, -0.05) is 6.42 Å². The molecule has 0 aromatic carbocycles. The van der Waals surface area contributed by atoms with Crippen LogP contribution in [0.25, 0.3) is 0 Å². The molecule has 1 atom stereocenters. The number of hydrogen-bond donors (Lipinski definition) is 2. The van der Waals surface area contributed by atoms with Gasteiger partial charge in [0.2, 0.25) is 0 Å². The predicted octanol–water partition coefficient (Wildman–Crippen LogP) is 2.28.